The molecule has 1 aliphatic carbocycles. The molecule has 0 atom stereocenters. The number of aryl methyl sites for hydroxylation is 1. The van der Waals surface area contributed by atoms with Crippen molar-refractivity contribution in [3.63, 3.8) is 0 Å². The maximum atomic E-state index is 12.5. The fourth-order valence-electron chi connectivity index (χ4n) is 2.66. The standard InChI is InChI=1S/C20H24O2/c1-3-5-7-15-9-11-16(12-10-15)19-14-18(21)13-17(20(19)22)8-6-4-2/h9-14H,3-8H2,1-2H3. The fourth-order valence-corrected chi connectivity index (χ4v) is 2.66. The van der Waals surface area contributed by atoms with Gasteiger partial charge in [-0.05, 0) is 49.0 Å². The molecule has 0 radical (unpaired) electrons. The molecule has 2 rings (SSSR count). The van der Waals surface area contributed by atoms with Gasteiger partial charge in [0.1, 0.15) is 0 Å². The zero-order valence-corrected chi connectivity index (χ0v) is 13.5. The monoisotopic (exact) mass is 296 g/mol. The topological polar surface area (TPSA) is 34.1 Å². The van der Waals surface area contributed by atoms with Crippen LogP contribution in [0.3, 0.4) is 0 Å². The lowest BCUT2D eigenvalue weighted by atomic mass is 9.88. The van der Waals surface area contributed by atoms with Crippen molar-refractivity contribution in [2.45, 2.75) is 52.4 Å². The summed E-state index contributed by atoms with van der Waals surface area (Å²) in [4.78, 5) is 24.4. The Morgan fingerprint density at radius 3 is 2.09 bits per heavy atom. The summed E-state index contributed by atoms with van der Waals surface area (Å²) >= 11 is 0. The van der Waals surface area contributed by atoms with Gasteiger partial charge in [-0.25, -0.2) is 0 Å². The molecule has 1 aromatic rings. The van der Waals surface area contributed by atoms with Crippen LogP contribution >= 0.6 is 0 Å². The minimum Gasteiger partial charge on any atom is -0.290 e. The first kappa shape index (κ1) is 16.4. The summed E-state index contributed by atoms with van der Waals surface area (Å²) in [5, 5.41) is 0. The highest BCUT2D eigenvalue weighted by molar-refractivity contribution is 6.36. The summed E-state index contributed by atoms with van der Waals surface area (Å²) in [6.07, 6.45) is 9.01. The molecule has 22 heavy (non-hydrogen) atoms. The van der Waals surface area contributed by atoms with E-state index in [1.165, 1.54) is 30.6 Å². The highest BCUT2D eigenvalue weighted by atomic mass is 16.1. The first-order valence-electron chi connectivity index (χ1n) is 8.26. The van der Waals surface area contributed by atoms with E-state index in [2.05, 4.69) is 26.0 Å². The van der Waals surface area contributed by atoms with Crippen LogP contribution in [-0.2, 0) is 16.0 Å². The molecule has 0 aromatic heterocycles. The zero-order chi connectivity index (χ0) is 15.9. The van der Waals surface area contributed by atoms with E-state index in [4.69, 9.17) is 0 Å². The third kappa shape index (κ3) is 4.03. The molecular formula is C20H24O2. The van der Waals surface area contributed by atoms with E-state index in [9.17, 15) is 9.59 Å². The van der Waals surface area contributed by atoms with Gasteiger partial charge in [-0.3, -0.25) is 9.59 Å². The predicted molar refractivity (Wildman–Crippen MR) is 90.7 cm³/mol. The number of unbranched alkanes of at least 4 members (excludes halogenated alkanes) is 2. The first-order chi connectivity index (χ1) is 10.7. The molecule has 1 aromatic carbocycles. The van der Waals surface area contributed by atoms with Gasteiger partial charge < -0.3 is 0 Å². The smallest absolute Gasteiger partial charge is 0.189 e. The number of Topliss-reactive ketones (excluding diaryl/α,β-unsaturated/α-hetero) is 1. The van der Waals surface area contributed by atoms with E-state index in [1.807, 2.05) is 12.1 Å². The molecule has 0 heterocycles. The van der Waals surface area contributed by atoms with Crippen LogP contribution in [0.15, 0.2) is 42.0 Å². The average Bonchev–Trinajstić information content (AvgIpc) is 2.54. The molecule has 2 nitrogen and oxygen atoms in total. The molecule has 0 N–H and O–H groups in total. The van der Waals surface area contributed by atoms with Crippen LogP contribution in [0.4, 0.5) is 0 Å². The molecule has 0 amide bonds. The van der Waals surface area contributed by atoms with Gasteiger partial charge in [-0.2, -0.15) is 0 Å². The highest BCUT2D eigenvalue weighted by Crippen LogP contribution is 2.26. The summed E-state index contributed by atoms with van der Waals surface area (Å²) in [7, 11) is 0. The van der Waals surface area contributed by atoms with Gasteiger partial charge >= 0.3 is 0 Å². The molecule has 2 heteroatoms. The van der Waals surface area contributed by atoms with Gasteiger partial charge in [-0.15, -0.1) is 0 Å². The average molecular weight is 296 g/mol. The molecule has 116 valence electrons. The van der Waals surface area contributed by atoms with Crippen LogP contribution in [-0.4, -0.2) is 11.6 Å². The third-order valence-electron chi connectivity index (χ3n) is 4.02. The Morgan fingerprint density at radius 2 is 1.45 bits per heavy atom. The number of allylic oxidation sites excluding steroid dienone is 4. The van der Waals surface area contributed by atoms with Crippen LogP contribution in [0.25, 0.3) is 5.57 Å². The minimum absolute atomic E-state index is 0.00866. The summed E-state index contributed by atoms with van der Waals surface area (Å²) < 4.78 is 0. The number of carbonyl (C=O) groups excluding carboxylic acids is 2. The Balaban J connectivity index is 2.17. The lowest BCUT2D eigenvalue weighted by Crippen LogP contribution is -2.13. The van der Waals surface area contributed by atoms with Gasteiger partial charge in [0.2, 0.25) is 0 Å². The van der Waals surface area contributed by atoms with Gasteiger partial charge in [-0.1, -0.05) is 51.0 Å². The molecule has 0 aliphatic heterocycles. The summed E-state index contributed by atoms with van der Waals surface area (Å²) in [6.45, 7) is 4.26. The quantitative estimate of drug-likeness (QED) is 0.685. The van der Waals surface area contributed by atoms with Crippen LogP contribution in [0.1, 0.15) is 57.1 Å². The first-order valence-corrected chi connectivity index (χ1v) is 8.26. The van der Waals surface area contributed by atoms with Gasteiger partial charge in [0.15, 0.2) is 11.6 Å². The largest absolute Gasteiger partial charge is 0.290 e. The van der Waals surface area contributed by atoms with E-state index in [1.54, 1.807) is 0 Å². The molecule has 0 spiro atoms. The van der Waals surface area contributed by atoms with Crippen molar-refractivity contribution in [2.24, 2.45) is 0 Å². The fraction of sp³-hybridized carbons (Fsp3) is 0.400. The van der Waals surface area contributed by atoms with Crippen molar-refractivity contribution in [2.75, 3.05) is 0 Å². The molecule has 0 fully saturated rings. The highest BCUT2D eigenvalue weighted by Gasteiger charge is 2.22. The van der Waals surface area contributed by atoms with Crippen LogP contribution < -0.4 is 0 Å². The minimum atomic E-state index is -0.0734. The second-order valence-electron chi connectivity index (χ2n) is 5.86. The van der Waals surface area contributed by atoms with Gasteiger partial charge in [0.25, 0.3) is 0 Å². The maximum absolute atomic E-state index is 12.5. The summed E-state index contributed by atoms with van der Waals surface area (Å²) in [5.74, 6) is -0.0647. The zero-order valence-electron chi connectivity index (χ0n) is 13.5. The van der Waals surface area contributed by atoms with Crippen molar-refractivity contribution in [1.29, 1.82) is 0 Å². The number of hydrogen-bond donors (Lipinski definition) is 0. The second-order valence-corrected chi connectivity index (χ2v) is 5.86. The summed E-state index contributed by atoms with van der Waals surface area (Å²) in [5.41, 5.74) is 3.32. The lowest BCUT2D eigenvalue weighted by Gasteiger charge is -2.14. The van der Waals surface area contributed by atoms with Crippen LogP contribution in [0.5, 0.6) is 0 Å². The number of benzene rings is 1. The van der Waals surface area contributed by atoms with E-state index >= 15 is 0 Å². The van der Waals surface area contributed by atoms with Crippen molar-refractivity contribution in [3.8, 4) is 0 Å². The van der Waals surface area contributed by atoms with E-state index in [-0.39, 0.29) is 11.6 Å². The second kappa shape index (κ2) is 7.88. The van der Waals surface area contributed by atoms with E-state index in [0.717, 1.165) is 24.8 Å². The van der Waals surface area contributed by atoms with Crippen molar-refractivity contribution in [3.05, 3.63) is 53.1 Å². The lowest BCUT2D eigenvalue weighted by molar-refractivity contribution is -0.114. The molecular weight excluding hydrogens is 272 g/mol. The maximum Gasteiger partial charge on any atom is 0.189 e. The van der Waals surface area contributed by atoms with E-state index < -0.39 is 0 Å². The molecule has 0 saturated carbocycles. The number of carbonyl (C=O) groups is 2. The van der Waals surface area contributed by atoms with Crippen molar-refractivity contribution in [1.82, 2.24) is 0 Å². The molecule has 0 saturated heterocycles. The normalized spacial score (nSPS) is 14.8. The Hall–Kier alpha value is -1.96. The Labute approximate surface area is 132 Å². The Kier molecular flexibility index (Phi) is 5.88. The van der Waals surface area contributed by atoms with Gasteiger partial charge in [0, 0.05) is 11.1 Å². The molecule has 0 bridgehead atoms. The molecule has 1 aliphatic rings. The van der Waals surface area contributed by atoms with Gasteiger partial charge in [0.05, 0.1) is 0 Å². The Bertz CT molecular complexity index is 603. The SMILES string of the molecule is CCCCC1=CC(=O)C=C(c2ccc(CCCC)cc2)C1=O. The number of ketones is 2. The van der Waals surface area contributed by atoms with Crippen molar-refractivity contribution < 1.29 is 9.59 Å². The Morgan fingerprint density at radius 1 is 0.818 bits per heavy atom. The van der Waals surface area contributed by atoms with Crippen LogP contribution in [0.2, 0.25) is 0 Å². The number of rotatable bonds is 7. The molecule has 0 unspecified atom stereocenters. The number of hydrogen-bond acceptors (Lipinski definition) is 2. The summed E-state index contributed by atoms with van der Waals surface area (Å²) in [6, 6.07) is 8.05. The predicted octanol–water partition coefficient (Wildman–Crippen LogP) is 4.68. The van der Waals surface area contributed by atoms with E-state index in [0.29, 0.717) is 17.6 Å². The van der Waals surface area contributed by atoms with Crippen molar-refractivity contribution >= 4 is 17.1 Å². The third-order valence-corrected chi connectivity index (χ3v) is 4.02. The van der Waals surface area contributed by atoms with Crippen LogP contribution in [0, 0.1) is 0 Å².